The van der Waals surface area contributed by atoms with Crippen LogP contribution < -0.4 is 4.74 Å². The van der Waals surface area contributed by atoms with Gasteiger partial charge < -0.3 is 9.94 Å². The molecular weight excluding hydrogens is 226 g/mol. The predicted octanol–water partition coefficient (Wildman–Crippen LogP) is 4.23. The second-order valence-corrected chi connectivity index (χ2v) is 4.31. The van der Waals surface area contributed by atoms with Gasteiger partial charge in [0.15, 0.2) is 0 Å². The molecule has 0 radical (unpaired) electrons. The van der Waals surface area contributed by atoms with Crippen LogP contribution in [0.5, 0.6) is 5.75 Å². The zero-order valence-corrected chi connectivity index (χ0v) is 11.4. The van der Waals surface area contributed by atoms with Gasteiger partial charge in [-0.3, -0.25) is 0 Å². The summed E-state index contributed by atoms with van der Waals surface area (Å²) in [6, 6.07) is 7.73. The first kappa shape index (κ1) is 14.6. The van der Waals surface area contributed by atoms with E-state index in [1.165, 1.54) is 19.3 Å². The van der Waals surface area contributed by atoms with E-state index in [1.807, 2.05) is 31.2 Å². The lowest BCUT2D eigenvalue weighted by atomic mass is 10.1. The van der Waals surface area contributed by atoms with E-state index in [1.54, 1.807) is 0 Å². The van der Waals surface area contributed by atoms with Crippen molar-refractivity contribution in [1.82, 2.24) is 0 Å². The van der Waals surface area contributed by atoms with E-state index >= 15 is 0 Å². The van der Waals surface area contributed by atoms with E-state index in [-0.39, 0.29) is 0 Å². The van der Waals surface area contributed by atoms with Crippen molar-refractivity contribution in [3.63, 3.8) is 0 Å². The molecule has 0 unspecified atom stereocenters. The summed E-state index contributed by atoms with van der Waals surface area (Å²) in [7, 11) is 0. The second-order valence-electron chi connectivity index (χ2n) is 4.31. The van der Waals surface area contributed by atoms with E-state index in [4.69, 9.17) is 9.94 Å². The molecule has 18 heavy (non-hydrogen) atoms. The van der Waals surface area contributed by atoms with Gasteiger partial charge in [-0.25, -0.2) is 0 Å². The maximum atomic E-state index is 8.98. The lowest BCUT2D eigenvalue weighted by Gasteiger charge is -2.11. The molecule has 1 aromatic carbocycles. The third-order valence-corrected chi connectivity index (χ3v) is 2.91. The maximum Gasteiger partial charge on any atom is 0.128 e. The predicted molar refractivity (Wildman–Crippen MR) is 74.7 cm³/mol. The summed E-state index contributed by atoms with van der Waals surface area (Å²) >= 11 is 0. The standard InChI is InChI=1S/C15H23NO2/c1-3-5-6-9-12-18-15-11-8-7-10-13(15)14(4-2)16-17/h7-8,10-11,17H,3-6,9,12H2,1-2H3/b16-14+. The summed E-state index contributed by atoms with van der Waals surface area (Å²) in [5.41, 5.74) is 1.55. The molecule has 0 spiro atoms. The van der Waals surface area contributed by atoms with Crippen LogP contribution in [0.15, 0.2) is 29.4 Å². The third-order valence-electron chi connectivity index (χ3n) is 2.91. The second kappa shape index (κ2) is 8.56. The van der Waals surface area contributed by atoms with Crippen molar-refractivity contribution in [3.05, 3.63) is 29.8 Å². The highest BCUT2D eigenvalue weighted by atomic mass is 16.5. The van der Waals surface area contributed by atoms with E-state index in [0.29, 0.717) is 12.1 Å². The Kier molecular flexibility index (Phi) is 6.92. The molecule has 0 amide bonds. The number of hydrogen-bond acceptors (Lipinski definition) is 3. The van der Waals surface area contributed by atoms with Gasteiger partial charge in [0.05, 0.1) is 12.3 Å². The summed E-state index contributed by atoms with van der Waals surface area (Å²) in [5, 5.41) is 12.3. The molecular formula is C15H23NO2. The van der Waals surface area contributed by atoms with Crippen LogP contribution in [0.1, 0.15) is 51.5 Å². The van der Waals surface area contributed by atoms with Crippen LogP contribution in [0.25, 0.3) is 0 Å². The Morgan fingerprint density at radius 2 is 1.94 bits per heavy atom. The molecule has 1 aromatic rings. The Hall–Kier alpha value is -1.51. The zero-order valence-electron chi connectivity index (χ0n) is 11.4. The molecule has 0 aliphatic heterocycles. The lowest BCUT2D eigenvalue weighted by molar-refractivity contribution is 0.302. The Labute approximate surface area is 109 Å². The molecule has 3 heteroatoms. The summed E-state index contributed by atoms with van der Waals surface area (Å²) in [4.78, 5) is 0. The molecule has 3 nitrogen and oxygen atoms in total. The van der Waals surface area contributed by atoms with Gasteiger partial charge in [0.1, 0.15) is 5.75 Å². The first-order valence-corrected chi connectivity index (χ1v) is 6.76. The Morgan fingerprint density at radius 3 is 2.61 bits per heavy atom. The van der Waals surface area contributed by atoms with Crippen molar-refractivity contribution >= 4 is 5.71 Å². The number of rotatable bonds is 8. The monoisotopic (exact) mass is 249 g/mol. The minimum Gasteiger partial charge on any atom is -0.493 e. The van der Waals surface area contributed by atoms with Crippen molar-refractivity contribution in [2.24, 2.45) is 5.16 Å². The first-order valence-electron chi connectivity index (χ1n) is 6.76. The van der Waals surface area contributed by atoms with Crippen molar-refractivity contribution in [1.29, 1.82) is 0 Å². The van der Waals surface area contributed by atoms with Crippen molar-refractivity contribution in [2.75, 3.05) is 6.61 Å². The van der Waals surface area contributed by atoms with Gasteiger partial charge >= 0.3 is 0 Å². The summed E-state index contributed by atoms with van der Waals surface area (Å²) in [6.07, 6.45) is 5.44. The highest BCUT2D eigenvalue weighted by Crippen LogP contribution is 2.20. The Balaban J connectivity index is 2.59. The van der Waals surface area contributed by atoms with Gasteiger partial charge in [0.25, 0.3) is 0 Å². The van der Waals surface area contributed by atoms with Gasteiger partial charge in [-0.2, -0.15) is 0 Å². The molecule has 1 N–H and O–H groups in total. The number of unbranched alkanes of at least 4 members (excludes halogenated alkanes) is 3. The number of hydrogen-bond donors (Lipinski definition) is 1. The summed E-state index contributed by atoms with van der Waals surface area (Å²) in [5.74, 6) is 0.809. The fourth-order valence-electron chi connectivity index (χ4n) is 1.86. The molecule has 0 saturated carbocycles. The van der Waals surface area contributed by atoms with Crippen LogP contribution >= 0.6 is 0 Å². The fourth-order valence-corrected chi connectivity index (χ4v) is 1.86. The van der Waals surface area contributed by atoms with Crippen molar-refractivity contribution in [2.45, 2.75) is 46.0 Å². The van der Waals surface area contributed by atoms with Crippen LogP contribution in [0, 0.1) is 0 Å². The SMILES string of the molecule is CCCCCCOc1ccccc1/C(CC)=N/O. The summed E-state index contributed by atoms with van der Waals surface area (Å²) < 4.78 is 5.78. The number of benzene rings is 1. The molecule has 0 saturated heterocycles. The van der Waals surface area contributed by atoms with Crippen LogP contribution in [0.4, 0.5) is 0 Å². The summed E-state index contributed by atoms with van der Waals surface area (Å²) in [6.45, 7) is 4.88. The smallest absolute Gasteiger partial charge is 0.128 e. The van der Waals surface area contributed by atoms with E-state index in [2.05, 4.69) is 12.1 Å². The number of nitrogens with zero attached hydrogens (tertiary/aromatic N) is 1. The number of ether oxygens (including phenoxy) is 1. The fraction of sp³-hybridized carbons (Fsp3) is 0.533. The van der Waals surface area contributed by atoms with Gasteiger partial charge in [-0.1, -0.05) is 50.4 Å². The van der Waals surface area contributed by atoms with Gasteiger partial charge in [0.2, 0.25) is 0 Å². The first-order chi connectivity index (χ1) is 8.83. The molecule has 0 aromatic heterocycles. The largest absolute Gasteiger partial charge is 0.493 e. The maximum absolute atomic E-state index is 8.98. The molecule has 100 valence electrons. The number of para-hydroxylation sites is 1. The third kappa shape index (κ3) is 4.40. The molecule has 0 fully saturated rings. The minimum atomic E-state index is 0.666. The zero-order chi connectivity index (χ0) is 13.2. The normalized spacial score (nSPS) is 11.6. The average molecular weight is 249 g/mol. The van der Waals surface area contributed by atoms with Crippen molar-refractivity contribution in [3.8, 4) is 5.75 Å². The van der Waals surface area contributed by atoms with Crippen LogP contribution in [0.3, 0.4) is 0 Å². The molecule has 0 heterocycles. The van der Waals surface area contributed by atoms with Crippen LogP contribution in [-0.4, -0.2) is 17.5 Å². The van der Waals surface area contributed by atoms with E-state index in [9.17, 15) is 0 Å². The molecule has 0 aliphatic carbocycles. The molecule has 0 atom stereocenters. The van der Waals surface area contributed by atoms with E-state index < -0.39 is 0 Å². The average Bonchev–Trinajstić information content (AvgIpc) is 2.41. The van der Waals surface area contributed by atoms with Gasteiger partial charge in [0, 0.05) is 5.56 Å². The highest BCUT2D eigenvalue weighted by Gasteiger charge is 2.08. The van der Waals surface area contributed by atoms with Crippen molar-refractivity contribution < 1.29 is 9.94 Å². The molecule has 0 aliphatic rings. The Morgan fingerprint density at radius 1 is 1.17 bits per heavy atom. The molecule has 1 rings (SSSR count). The van der Waals surface area contributed by atoms with Gasteiger partial charge in [-0.15, -0.1) is 0 Å². The Bertz CT molecular complexity index is 375. The highest BCUT2D eigenvalue weighted by molar-refractivity contribution is 6.02. The lowest BCUT2D eigenvalue weighted by Crippen LogP contribution is -2.05. The van der Waals surface area contributed by atoms with Gasteiger partial charge in [-0.05, 0) is 25.0 Å². The number of oxime groups is 1. The quantitative estimate of drug-likeness (QED) is 0.324. The molecule has 0 bridgehead atoms. The minimum absolute atomic E-state index is 0.666. The van der Waals surface area contributed by atoms with Crippen LogP contribution in [-0.2, 0) is 0 Å². The van der Waals surface area contributed by atoms with E-state index in [0.717, 1.165) is 24.3 Å². The van der Waals surface area contributed by atoms with Crippen LogP contribution in [0.2, 0.25) is 0 Å². The topological polar surface area (TPSA) is 41.8 Å².